The van der Waals surface area contributed by atoms with Crippen molar-refractivity contribution in [1.29, 1.82) is 0 Å². The van der Waals surface area contributed by atoms with Gasteiger partial charge in [0.25, 0.3) is 0 Å². The lowest BCUT2D eigenvalue weighted by Gasteiger charge is -2.13. The molecule has 0 saturated heterocycles. The molecule has 0 atom stereocenters. The quantitative estimate of drug-likeness (QED) is 0.267. The summed E-state index contributed by atoms with van der Waals surface area (Å²) in [4.78, 5) is 15.0. The molecular formula is C33H21N3. The van der Waals surface area contributed by atoms with Gasteiger partial charge in [-0.25, -0.2) is 15.0 Å². The minimum absolute atomic E-state index is 0.918. The molecule has 3 heterocycles. The van der Waals surface area contributed by atoms with Crippen molar-refractivity contribution >= 4 is 32.7 Å². The number of fused-ring (bicyclic) bond motifs is 3. The molecule has 0 aliphatic rings. The molecule has 7 aromatic rings. The van der Waals surface area contributed by atoms with Crippen LogP contribution < -0.4 is 0 Å². The Hall–Kier alpha value is -4.89. The number of nitrogens with zero attached hydrogens (tertiary/aromatic N) is 3. The largest absolute Gasteiger partial charge is 0.248 e. The molecule has 3 aromatic heterocycles. The first-order valence-corrected chi connectivity index (χ1v) is 12.0. The standard InChI is InChI=1S/C33H21N3/c1-4-10-28-22(7-1)14-18-31(34-28)25-13-17-26(32-19-15-23-8-2-5-11-29(23)35-32)27(21-25)33-20-16-24-9-3-6-12-30(24)36-33/h1-21H. The van der Waals surface area contributed by atoms with E-state index in [1.807, 2.05) is 36.4 Å². The average Bonchev–Trinajstić information content (AvgIpc) is 2.96. The van der Waals surface area contributed by atoms with Crippen LogP contribution in [0, 0.1) is 0 Å². The lowest BCUT2D eigenvalue weighted by molar-refractivity contribution is 1.35. The number of rotatable bonds is 3. The summed E-state index contributed by atoms with van der Waals surface area (Å²) in [6.45, 7) is 0. The normalized spacial score (nSPS) is 11.3. The zero-order valence-corrected chi connectivity index (χ0v) is 19.5. The van der Waals surface area contributed by atoms with Crippen molar-refractivity contribution in [2.75, 3.05) is 0 Å². The molecule has 0 spiro atoms. The van der Waals surface area contributed by atoms with Crippen LogP contribution in [-0.2, 0) is 0 Å². The van der Waals surface area contributed by atoms with Gasteiger partial charge in [-0.15, -0.1) is 0 Å². The van der Waals surface area contributed by atoms with E-state index in [4.69, 9.17) is 15.0 Å². The highest BCUT2D eigenvalue weighted by Gasteiger charge is 2.14. The van der Waals surface area contributed by atoms with E-state index in [-0.39, 0.29) is 0 Å². The van der Waals surface area contributed by atoms with E-state index in [9.17, 15) is 0 Å². The number of hydrogen-bond donors (Lipinski definition) is 0. The molecule has 0 saturated carbocycles. The molecule has 168 valence electrons. The minimum Gasteiger partial charge on any atom is -0.248 e. The van der Waals surface area contributed by atoms with Crippen LogP contribution in [0.4, 0.5) is 0 Å². The highest BCUT2D eigenvalue weighted by Crippen LogP contribution is 2.35. The van der Waals surface area contributed by atoms with Gasteiger partial charge in [0, 0.05) is 32.8 Å². The summed E-state index contributed by atoms with van der Waals surface area (Å²) in [7, 11) is 0. The third kappa shape index (κ3) is 3.58. The van der Waals surface area contributed by atoms with Crippen LogP contribution in [0.3, 0.4) is 0 Å². The fraction of sp³-hybridized carbons (Fsp3) is 0. The second-order valence-electron chi connectivity index (χ2n) is 8.93. The molecule has 3 nitrogen and oxygen atoms in total. The van der Waals surface area contributed by atoms with Gasteiger partial charge in [0.2, 0.25) is 0 Å². The number of para-hydroxylation sites is 3. The molecule has 0 amide bonds. The Morgan fingerprint density at radius 1 is 0.333 bits per heavy atom. The molecular weight excluding hydrogens is 438 g/mol. The van der Waals surface area contributed by atoms with Crippen molar-refractivity contribution in [2.45, 2.75) is 0 Å². The number of benzene rings is 4. The fourth-order valence-corrected chi connectivity index (χ4v) is 4.80. The first-order valence-electron chi connectivity index (χ1n) is 12.0. The van der Waals surface area contributed by atoms with E-state index in [1.165, 1.54) is 0 Å². The first kappa shape index (κ1) is 20.5. The van der Waals surface area contributed by atoms with Crippen molar-refractivity contribution in [3.63, 3.8) is 0 Å². The van der Waals surface area contributed by atoms with Gasteiger partial charge in [-0.3, -0.25) is 0 Å². The zero-order valence-electron chi connectivity index (χ0n) is 19.5. The van der Waals surface area contributed by atoms with Crippen molar-refractivity contribution < 1.29 is 0 Å². The van der Waals surface area contributed by atoms with Gasteiger partial charge < -0.3 is 0 Å². The molecule has 4 aromatic carbocycles. The van der Waals surface area contributed by atoms with Crippen LogP contribution in [0.25, 0.3) is 66.5 Å². The number of aromatic nitrogens is 3. The number of hydrogen-bond acceptors (Lipinski definition) is 3. The third-order valence-corrected chi connectivity index (χ3v) is 6.66. The number of pyridine rings is 3. The Morgan fingerprint density at radius 3 is 1.33 bits per heavy atom. The summed E-state index contributed by atoms with van der Waals surface area (Å²) in [5, 5.41) is 3.39. The summed E-state index contributed by atoms with van der Waals surface area (Å²) >= 11 is 0. The van der Waals surface area contributed by atoms with Crippen molar-refractivity contribution in [3.8, 4) is 33.8 Å². The van der Waals surface area contributed by atoms with Gasteiger partial charge in [-0.05, 0) is 42.5 Å². The molecule has 0 radical (unpaired) electrons. The maximum absolute atomic E-state index is 5.03. The van der Waals surface area contributed by atoms with Crippen molar-refractivity contribution in [3.05, 3.63) is 127 Å². The van der Waals surface area contributed by atoms with Crippen LogP contribution in [0.1, 0.15) is 0 Å². The highest BCUT2D eigenvalue weighted by molar-refractivity contribution is 5.90. The van der Waals surface area contributed by atoms with Crippen LogP contribution in [0.15, 0.2) is 127 Å². The van der Waals surface area contributed by atoms with E-state index in [0.717, 1.165) is 66.5 Å². The Bertz CT molecular complexity index is 1910. The van der Waals surface area contributed by atoms with Crippen LogP contribution in [0.5, 0.6) is 0 Å². The van der Waals surface area contributed by atoms with E-state index in [1.54, 1.807) is 0 Å². The second-order valence-corrected chi connectivity index (χ2v) is 8.93. The molecule has 36 heavy (non-hydrogen) atoms. The summed E-state index contributed by atoms with van der Waals surface area (Å²) in [5.74, 6) is 0. The summed E-state index contributed by atoms with van der Waals surface area (Å²) in [6, 6.07) is 43.8. The highest BCUT2D eigenvalue weighted by atomic mass is 14.7. The van der Waals surface area contributed by atoms with Crippen molar-refractivity contribution in [1.82, 2.24) is 15.0 Å². The monoisotopic (exact) mass is 459 g/mol. The predicted molar refractivity (Wildman–Crippen MR) is 149 cm³/mol. The maximum Gasteiger partial charge on any atom is 0.0716 e. The Balaban J connectivity index is 1.45. The Morgan fingerprint density at radius 2 is 0.778 bits per heavy atom. The van der Waals surface area contributed by atoms with E-state index >= 15 is 0 Å². The molecule has 0 bridgehead atoms. The van der Waals surface area contributed by atoms with Gasteiger partial charge in [0.15, 0.2) is 0 Å². The molecule has 0 N–H and O–H groups in total. The summed E-state index contributed by atoms with van der Waals surface area (Å²) in [5.41, 5.74) is 8.86. The molecule has 3 heteroatoms. The van der Waals surface area contributed by atoms with Crippen LogP contribution in [-0.4, -0.2) is 15.0 Å². The maximum atomic E-state index is 5.03. The van der Waals surface area contributed by atoms with E-state index in [2.05, 4.69) is 91.0 Å². The predicted octanol–water partition coefficient (Wildman–Crippen LogP) is 8.33. The molecule has 0 aliphatic carbocycles. The molecule has 0 fully saturated rings. The molecule has 0 unspecified atom stereocenters. The van der Waals surface area contributed by atoms with Crippen LogP contribution in [0.2, 0.25) is 0 Å². The topological polar surface area (TPSA) is 38.7 Å². The minimum atomic E-state index is 0.918. The zero-order chi connectivity index (χ0) is 23.9. The summed E-state index contributed by atoms with van der Waals surface area (Å²) < 4.78 is 0. The third-order valence-electron chi connectivity index (χ3n) is 6.66. The second kappa shape index (κ2) is 8.40. The lowest BCUT2D eigenvalue weighted by Crippen LogP contribution is -1.94. The van der Waals surface area contributed by atoms with E-state index in [0.29, 0.717) is 0 Å². The SMILES string of the molecule is c1ccc2nc(-c3ccc(-c4ccc5ccccc5n4)c(-c4ccc5ccccc5n4)c3)ccc2c1. The Kier molecular flexibility index (Phi) is 4.78. The van der Waals surface area contributed by atoms with Gasteiger partial charge in [0.1, 0.15) is 0 Å². The van der Waals surface area contributed by atoms with Gasteiger partial charge >= 0.3 is 0 Å². The van der Waals surface area contributed by atoms with E-state index < -0.39 is 0 Å². The Labute approximate surface area is 208 Å². The average molecular weight is 460 g/mol. The molecule has 0 aliphatic heterocycles. The lowest BCUT2D eigenvalue weighted by atomic mass is 9.96. The fourth-order valence-electron chi connectivity index (χ4n) is 4.80. The smallest absolute Gasteiger partial charge is 0.0716 e. The van der Waals surface area contributed by atoms with Crippen LogP contribution >= 0.6 is 0 Å². The molecule has 7 rings (SSSR count). The van der Waals surface area contributed by atoms with Gasteiger partial charge in [0.05, 0.1) is 33.6 Å². The van der Waals surface area contributed by atoms with Gasteiger partial charge in [-0.1, -0.05) is 84.9 Å². The first-order chi connectivity index (χ1) is 17.8. The van der Waals surface area contributed by atoms with Crippen molar-refractivity contribution in [2.24, 2.45) is 0 Å². The summed E-state index contributed by atoms with van der Waals surface area (Å²) in [6.07, 6.45) is 0. The van der Waals surface area contributed by atoms with Gasteiger partial charge in [-0.2, -0.15) is 0 Å².